The number of halogens is 5. The van der Waals surface area contributed by atoms with Gasteiger partial charge in [0, 0.05) is 17.1 Å². The Hall–Kier alpha value is -0.900. The van der Waals surface area contributed by atoms with Crippen LogP contribution >= 0.6 is 11.6 Å². The van der Waals surface area contributed by atoms with E-state index in [1.54, 1.807) is 0 Å². The van der Waals surface area contributed by atoms with Crippen molar-refractivity contribution in [2.24, 2.45) is 0 Å². The lowest BCUT2D eigenvalue weighted by molar-refractivity contribution is -0.135. The number of nitrogens with zero attached hydrogens (tertiary/aromatic N) is 1. The molecule has 0 aliphatic carbocycles. The van der Waals surface area contributed by atoms with Crippen LogP contribution in [0.2, 0.25) is 5.02 Å². The van der Waals surface area contributed by atoms with Gasteiger partial charge in [-0.1, -0.05) is 18.5 Å². The van der Waals surface area contributed by atoms with Gasteiger partial charge in [0.15, 0.2) is 0 Å². The third kappa shape index (κ3) is 4.29. The second kappa shape index (κ2) is 6.47. The molecule has 120 valence electrons. The molecule has 4 nitrogen and oxygen atoms in total. The molecule has 1 aromatic rings. The van der Waals surface area contributed by atoms with Gasteiger partial charge < -0.3 is 5.11 Å². The van der Waals surface area contributed by atoms with Gasteiger partial charge in [0.1, 0.15) is 17.3 Å². The van der Waals surface area contributed by atoms with Crippen molar-refractivity contribution in [3.8, 4) is 0 Å². The van der Waals surface area contributed by atoms with Gasteiger partial charge in [0.25, 0.3) is 0 Å². The zero-order valence-electron chi connectivity index (χ0n) is 10.8. The van der Waals surface area contributed by atoms with Crippen LogP contribution in [0.1, 0.15) is 12.5 Å². The summed E-state index contributed by atoms with van der Waals surface area (Å²) in [5.74, 6) is -1.32. The molecule has 0 atom stereocenters. The van der Waals surface area contributed by atoms with Crippen LogP contribution in [0.25, 0.3) is 0 Å². The molecule has 1 rings (SSSR count). The van der Waals surface area contributed by atoms with Crippen LogP contribution in [0.5, 0.6) is 0 Å². The second-order valence-corrected chi connectivity index (χ2v) is 6.42. The van der Waals surface area contributed by atoms with E-state index in [2.05, 4.69) is 0 Å². The Morgan fingerprint density at radius 1 is 1.33 bits per heavy atom. The summed E-state index contributed by atoms with van der Waals surface area (Å²) in [7, 11) is -4.73. The molecule has 21 heavy (non-hydrogen) atoms. The van der Waals surface area contributed by atoms with Crippen LogP contribution in [0.3, 0.4) is 0 Å². The van der Waals surface area contributed by atoms with Gasteiger partial charge in [-0.2, -0.15) is 17.5 Å². The van der Waals surface area contributed by atoms with Gasteiger partial charge in [-0.25, -0.2) is 12.8 Å². The monoisotopic (exact) mass is 349 g/mol. The van der Waals surface area contributed by atoms with E-state index in [-0.39, 0.29) is 9.33 Å². The number of aliphatic hydroxyl groups is 1. The highest BCUT2D eigenvalue weighted by Gasteiger charge is 2.37. The zero-order chi connectivity index (χ0) is 16.4. The molecule has 0 aromatic heterocycles. The van der Waals surface area contributed by atoms with E-state index in [1.165, 1.54) is 6.92 Å². The summed E-state index contributed by atoms with van der Waals surface area (Å²) in [5.41, 5.74) is -0.413. The van der Waals surface area contributed by atoms with Crippen molar-refractivity contribution in [2.75, 3.05) is 13.1 Å². The minimum atomic E-state index is -4.77. The maximum atomic E-state index is 14.0. The minimum Gasteiger partial charge on any atom is -0.392 e. The first kappa shape index (κ1) is 18.1. The van der Waals surface area contributed by atoms with Crippen molar-refractivity contribution in [1.82, 2.24) is 4.31 Å². The summed E-state index contributed by atoms with van der Waals surface area (Å²) in [6.45, 7) is -1.88. The fourth-order valence-corrected chi connectivity index (χ4v) is 3.50. The Balaban J connectivity index is 3.39. The van der Waals surface area contributed by atoms with Crippen LogP contribution in [0.4, 0.5) is 17.6 Å². The summed E-state index contributed by atoms with van der Waals surface area (Å²) in [6.07, 6.45) is -4.77. The standard InChI is InChI=1S/C11H12ClF4NO3S/c1-2-17(6-11(14,15)16)21(19,20)9-4-8(12)3-7(5-18)10(9)13/h3-4,18H,2,5-6H2,1H3. The fraction of sp³-hybridized carbons (Fsp3) is 0.455. The highest BCUT2D eigenvalue weighted by molar-refractivity contribution is 7.89. The summed E-state index contributed by atoms with van der Waals surface area (Å²) in [4.78, 5) is -0.995. The average Bonchev–Trinajstić information content (AvgIpc) is 2.36. The third-order valence-electron chi connectivity index (χ3n) is 2.58. The van der Waals surface area contributed by atoms with Gasteiger partial charge in [-0.3, -0.25) is 0 Å². The smallest absolute Gasteiger partial charge is 0.392 e. The molecule has 0 bridgehead atoms. The van der Waals surface area contributed by atoms with E-state index < -0.39 is 52.2 Å². The molecule has 1 aromatic carbocycles. The summed E-state index contributed by atoms with van der Waals surface area (Å²) in [6, 6.07) is 1.71. The largest absolute Gasteiger partial charge is 0.402 e. The first-order valence-electron chi connectivity index (χ1n) is 5.68. The molecule has 0 saturated heterocycles. The Bertz CT molecular complexity index is 619. The molecule has 0 radical (unpaired) electrons. The molecule has 10 heteroatoms. The Morgan fingerprint density at radius 2 is 1.90 bits per heavy atom. The lowest BCUT2D eigenvalue weighted by Gasteiger charge is -2.22. The van der Waals surface area contributed by atoms with E-state index in [9.17, 15) is 26.0 Å². The van der Waals surface area contributed by atoms with E-state index in [0.29, 0.717) is 6.07 Å². The van der Waals surface area contributed by atoms with Crippen LogP contribution in [0.15, 0.2) is 17.0 Å². The maximum absolute atomic E-state index is 14.0. The first-order valence-corrected chi connectivity index (χ1v) is 7.50. The predicted molar refractivity (Wildman–Crippen MR) is 67.8 cm³/mol. The molecule has 0 spiro atoms. The lowest BCUT2D eigenvalue weighted by Crippen LogP contribution is -2.39. The van der Waals surface area contributed by atoms with Gasteiger partial charge >= 0.3 is 6.18 Å². The zero-order valence-corrected chi connectivity index (χ0v) is 12.4. The molecular formula is C11H12ClF4NO3S. The Kier molecular flexibility index (Phi) is 5.59. The molecule has 0 saturated carbocycles. The van der Waals surface area contributed by atoms with Gasteiger partial charge in [-0.05, 0) is 12.1 Å². The van der Waals surface area contributed by atoms with Gasteiger partial charge in [0.2, 0.25) is 10.0 Å². The van der Waals surface area contributed by atoms with Crippen LogP contribution in [0, 0.1) is 5.82 Å². The number of rotatable bonds is 5. The summed E-state index contributed by atoms with van der Waals surface area (Å²) < 4.78 is 75.5. The number of benzene rings is 1. The molecular weight excluding hydrogens is 338 g/mol. The van der Waals surface area contributed by atoms with Crippen LogP contribution < -0.4 is 0 Å². The highest BCUT2D eigenvalue weighted by Crippen LogP contribution is 2.28. The van der Waals surface area contributed by atoms with Crippen molar-refractivity contribution < 1.29 is 31.1 Å². The number of hydrogen-bond donors (Lipinski definition) is 1. The minimum absolute atomic E-state index is 0.0862. The normalized spacial score (nSPS) is 13.0. The van der Waals surface area contributed by atoms with E-state index in [4.69, 9.17) is 16.7 Å². The van der Waals surface area contributed by atoms with Crippen molar-refractivity contribution in [3.05, 3.63) is 28.5 Å². The Morgan fingerprint density at radius 3 is 2.33 bits per heavy atom. The average molecular weight is 350 g/mol. The number of hydrogen-bond acceptors (Lipinski definition) is 3. The lowest BCUT2D eigenvalue weighted by atomic mass is 10.2. The van der Waals surface area contributed by atoms with Crippen molar-refractivity contribution >= 4 is 21.6 Å². The maximum Gasteiger partial charge on any atom is 0.402 e. The number of alkyl halides is 3. The Labute approximate surface area is 124 Å². The fourth-order valence-electron chi connectivity index (χ4n) is 1.63. The van der Waals surface area contributed by atoms with Crippen molar-refractivity contribution in [1.29, 1.82) is 0 Å². The molecule has 0 aliphatic heterocycles. The predicted octanol–water partition coefficient (Wildman–Crippen LogP) is 2.54. The van der Waals surface area contributed by atoms with Crippen LogP contribution in [-0.2, 0) is 16.6 Å². The first-order chi connectivity index (χ1) is 9.52. The third-order valence-corrected chi connectivity index (χ3v) is 4.71. The molecule has 0 amide bonds. The summed E-state index contributed by atoms with van der Waals surface area (Å²) >= 11 is 5.60. The van der Waals surface area contributed by atoms with E-state index in [1.807, 2.05) is 0 Å². The molecule has 1 N–H and O–H groups in total. The van der Waals surface area contributed by atoms with Crippen molar-refractivity contribution in [2.45, 2.75) is 24.6 Å². The van der Waals surface area contributed by atoms with E-state index in [0.717, 1.165) is 6.07 Å². The number of sulfonamides is 1. The van der Waals surface area contributed by atoms with E-state index >= 15 is 0 Å². The SMILES string of the molecule is CCN(CC(F)(F)F)S(=O)(=O)c1cc(Cl)cc(CO)c1F. The highest BCUT2D eigenvalue weighted by atomic mass is 35.5. The molecule has 0 fully saturated rings. The van der Waals surface area contributed by atoms with Crippen molar-refractivity contribution in [3.63, 3.8) is 0 Å². The summed E-state index contributed by atoms with van der Waals surface area (Å²) in [5, 5.41) is 8.72. The molecule has 0 heterocycles. The second-order valence-electron chi connectivity index (χ2n) is 4.08. The van der Waals surface area contributed by atoms with Gasteiger partial charge in [-0.15, -0.1) is 0 Å². The molecule has 0 aliphatic rings. The topological polar surface area (TPSA) is 57.6 Å². The van der Waals surface area contributed by atoms with Crippen LogP contribution in [-0.4, -0.2) is 37.1 Å². The molecule has 0 unspecified atom stereocenters. The quantitative estimate of drug-likeness (QED) is 0.831. The number of aliphatic hydroxyl groups excluding tert-OH is 1. The van der Waals surface area contributed by atoms with Gasteiger partial charge in [0.05, 0.1) is 6.61 Å².